The molecule has 0 saturated carbocycles. The van der Waals surface area contributed by atoms with Gasteiger partial charge in [0, 0.05) is 22.7 Å². The molecule has 0 atom stereocenters. The van der Waals surface area contributed by atoms with E-state index >= 15 is 0 Å². The second-order valence-electron chi connectivity index (χ2n) is 22.9. The van der Waals surface area contributed by atoms with E-state index in [9.17, 15) is 0 Å². The summed E-state index contributed by atoms with van der Waals surface area (Å²) in [6.07, 6.45) is 0. The molecule has 86 heavy (non-hydrogen) atoms. The Morgan fingerprint density at radius 2 is 0.419 bits per heavy atom. The van der Waals surface area contributed by atoms with Crippen LogP contribution in [0.3, 0.4) is 0 Å². The maximum Gasteiger partial charge on any atom is 0.0519 e. The molecule has 0 aliphatic heterocycles. The molecule has 0 radical (unpaired) electrons. The minimum Gasteiger partial charge on any atom is -0.310 e. The van der Waals surface area contributed by atoms with Gasteiger partial charge in [-0.3, -0.25) is 0 Å². The Morgan fingerprint density at radius 1 is 0.174 bits per heavy atom. The predicted molar refractivity (Wildman–Crippen MR) is 367 cm³/mol. The second-order valence-corrected chi connectivity index (χ2v) is 22.9. The molecular formula is C84H62N2. The van der Waals surface area contributed by atoms with E-state index in [2.05, 4.69) is 341 Å². The summed E-state index contributed by atoms with van der Waals surface area (Å²) in [5.41, 5.74) is 31.1. The first-order valence-electron chi connectivity index (χ1n) is 29.9. The van der Waals surface area contributed by atoms with E-state index in [1.165, 1.54) is 144 Å². The number of nitrogens with zero attached hydrogens (tertiary/aromatic N) is 2. The van der Waals surface area contributed by atoms with Crippen LogP contribution in [0.1, 0.15) is 22.3 Å². The molecule has 1 aliphatic carbocycles. The van der Waals surface area contributed by atoms with Crippen molar-refractivity contribution < 1.29 is 0 Å². The summed E-state index contributed by atoms with van der Waals surface area (Å²) in [6, 6.07) is 112. The van der Waals surface area contributed by atoms with Gasteiger partial charge in [-0.25, -0.2) is 0 Å². The average Bonchev–Trinajstić information content (AvgIpc) is 0.709. The lowest BCUT2D eigenvalue weighted by Crippen LogP contribution is -2.14. The Labute approximate surface area is 504 Å². The zero-order valence-electron chi connectivity index (χ0n) is 48.8. The lowest BCUT2D eigenvalue weighted by atomic mass is 9.65. The first kappa shape index (κ1) is 52.0. The van der Waals surface area contributed by atoms with Crippen molar-refractivity contribution in [3.63, 3.8) is 0 Å². The van der Waals surface area contributed by atoms with E-state index in [4.69, 9.17) is 0 Å². The van der Waals surface area contributed by atoms with Crippen LogP contribution in [-0.4, -0.2) is 0 Å². The van der Waals surface area contributed by atoms with Gasteiger partial charge in [0.15, 0.2) is 0 Å². The quantitative estimate of drug-likeness (QED) is 0.120. The fourth-order valence-electron chi connectivity index (χ4n) is 13.8. The number of aryl methyl sites for hydroxylation is 4. The molecule has 2 nitrogen and oxygen atoms in total. The van der Waals surface area contributed by atoms with Crippen molar-refractivity contribution >= 4 is 55.7 Å². The van der Waals surface area contributed by atoms with Crippen molar-refractivity contribution in [2.75, 3.05) is 9.80 Å². The largest absolute Gasteiger partial charge is 0.310 e. The summed E-state index contributed by atoms with van der Waals surface area (Å²) in [5.74, 6) is 0. The Balaban J connectivity index is 1.07. The first-order valence-corrected chi connectivity index (χ1v) is 29.9. The Kier molecular flexibility index (Phi) is 13.2. The van der Waals surface area contributed by atoms with E-state index in [0.29, 0.717) is 0 Å². The number of para-hydroxylation sites is 2. The fourth-order valence-corrected chi connectivity index (χ4v) is 13.8. The molecule has 0 spiro atoms. The van der Waals surface area contributed by atoms with Crippen molar-refractivity contribution in [2.45, 2.75) is 27.7 Å². The van der Waals surface area contributed by atoms with Gasteiger partial charge in [-0.05, 0) is 209 Å². The highest BCUT2D eigenvalue weighted by atomic mass is 15.2. The van der Waals surface area contributed by atoms with Gasteiger partial charge in [-0.15, -0.1) is 0 Å². The van der Waals surface area contributed by atoms with Crippen LogP contribution in [0, 0.1) is 27.7 Å². The third-order valence-electron chi connectivity index (χ3n) is 17.6. The molecule has 0 fully saturated rings. The van der Waals surface area contributed by atoms with Crippen LogP contribution in [0.2, 0.25) is 0 Å². The summed E-state index contributed by atoms with van der Waals surface area (Å²) in [7, 11) is 0. The standard InChI is InChI=1S/C84H62N2/c1-55-27-23-28-56(2)83(55)85(67-45-25-43-65(51-67)59-31-11-5-12-32-59)69-47-49-71-73(53-69)77(63-39-19-9-20-40-63)81-79(75(71)61-35-15-7-16-36-61)80-76(62-37-17-8-18-38-62)72-50-48-70(54-74(72)78(82(80)81)64-41-21-10-22-42-64)86(84-57(3)29-24-30-58(84)4)68-46-26-44-66(52-68)60-33-13-6-14-34-60/h5-54H,1-4H3. The molecule has 0 heterocycles. The van der Waals surface area contributed by atoms with Gasteiger partial charge in [-0.2, -0.15) is 0 Å². The van der Waals surface area contributed by atoms with Gasteiger partial charge in [0.1, 0.15) is 0 Å². The lowest BCUT2D eigenvalue weighted by molar-refractivity contribution is 1.22. The molecule has 0 bridgehead atoms. The summed E-state index contributed by atoms with van der Waals surface area (Å²) in [5, 5.41) is 4.81. The Bertz CT molecular complexity index is 4530. The highest BCUT2D eigenvalue weighted by Crippen LogP contribution is 2.66. The molecule has 1 aliphatic rings. The number of anilines is 6. The summed E-state index contributed by atoms with van der Waals surface area (Å²) in [4.78, 5) is 4.99. The van der Waals surface area contributed by atoms with E-state index < -0.39 is 0 Å². The Morgan fingerprint density at radius 3 is 0.721 bits per heavy atom. The van der Waals surface area contributed by atoms with Gasteiger partial charge < -0.3 is 9.80 Å². The number of fused-ring (bicyclic) bond motifs is 6. The highest BCUT2D eigenvalue weighted by Gasteiger charge is 2.39. The van der Waals surface area contributed by atoms with Crippen molar-refractivity contribution in [2.24, 2.45) is 0 Å². The smallest absolute Gasteiger partial charge is 0.0519 e. The number of hydrogen-bond donors (Lipinski definition) is 0. The van der Waals surface area contributed by atoms with Gasteiger partial charge in [0.05, 0.1) is 11.4 Å². The van der Waals surface area contributed by atoms with Crippen LogP contribution in [-0.2, 0) is 0 Å². The van der Waals surface area contributed by atoms with Crippen LogP contribution < -0.4 is 9.80 Å². The highest BCUT2D eigenvalue weighted by molar-refractivity contribution is 6.33. The van der Waals surface area contributed by atoms with E-state index in [0.717, 1.165) is 22.7 Å². The molecule has 0 saturated heterocycles. The number of rotatable bonds is 12. The summed E-state index contributed by atoms with van der Waals surface area (Å²) >= 11 is 0. The van der Waals surface area contributed by atoms with Crippen LogP contribution in [0.15, 0.2) is 303 Å². The molecule has 0 amide bonds. The molecule has 15 rings (SSSR count). The van der Waals surface area contributed by atoms with Crippen molar-refractivity contribution in [1.29, 1.82) is 0 Å². The molecule has 14 aromatic carbocycles. The van der Waals surface area contributed by atoms with Crippen LogP contribution in [0.4, 0.5) is 34.1 Å². The van der Waals surface area contributed by atoms with Crippen molar-refractivity contribution in [3.8, 4) is 89.0 Å². The molecule has 0 N–H and O–H groups in total. The minimum atomic E-state index is 1.09. The van der Waals surface area contributed by atoms with E-state index in [-0.39, 0.29) is 0 Å². The van der Waals surface area contributed by atoms with Gasteiger partial charge in [0.2, 0.25) is 0 Å². The number of hydrogen-bond acceptors (Lipinski definition) is 2. The molecule has 0 aromatic heterocycles. The monoisotopic (exact) mass is 1100 g/mol. The van der Waals surface area contributed by atoms with E-state index in [1.54, 1.807) is 0 Å². The van der Waals surface area contributed by atoms with Gasteiger partial charge in [0.25, 0.3) is 0 Å². The molecular weight excluding hydrogens is 1040 g/mol. The van der Waals surface area contributed by atoms with Crippen molar-refractivity contribution in [3.05, 3.63) is 326 Å². The van der Waals surface area contributed by atoms with Gasteiger partial charge >= 0.3 is 0 Å². The topological polar surface area (TPSA) is 6.48 Å². The third-order valence-corrected chi connectivity index (χ3v) is 17.6. The lowest BCUT2D eigenvalue weighted by Gasteiger charge is -2.38. The van der Waals surface area contributed by atoms with Crippen LogP contribution in [0.25, 0.3) is 111 Å². The van der Waals surface area contributed by atoms with Crippen LogP contribution >= 0.6 is 0 Å². The number of benzene rings is 14. The third kappa shape index (κ3) is 8.89. The summed E-state index contributed by atoms with van der Waals surface area (Å²) < 4.78 is 0. The summed E-state index contributed by atoms with van der Waals surface area (Å²) in [6.45, 7) is 8.98. The predicted octanol–water partition coefficient (Wildman–Crippen LogP) is 23.8. The second kappa shape index (κ2) is 21.8. The van der Waals surface area contributed by atoms with E-state index in [1.807, 2.05) is 0 Å². The maximum absolute atomic E-state index is 2.50. The van der Waals surface area contributed by atoms with Gasteiger partial charge in [-0.1, -0.05) is 255 Å². The molecule has 2 heteroatoms. The normalized spacial score (nSPS) is 11.5. The zero-order valence-corrected chi connectivity index (χ0v) is 48.8. The molecule has 408 valence electrons. The molecule has 0 unspecified atom stereocenters. The first-order chi connectivity index (χ1) is 42.4. The Hall–Kier alpha value is -10.8. The van der Waals surface area contributed by atoms with Crippen LogP contribution in [0.5, 0.6) is 0 Å². The fraction of sp³-hybridized carbons (Fsp3) is 0.0476. The average molecular weight is 1100 g/mol. The molecule has 14 aromatic rings. The van der Waals surface area contributed by atoms with Crippen molar-refractivity contribution in [1.82, 2.24) is 0 Å². The SMILES string of the molecule is Cc1cccc(C)c1N(c1cccc(-c2ccccc2)c1)c1ccc2c(-c3ccccc3)c3c(c(-c4ccccc4)c2c1)-c1c-3c(-c2ccccc2)c2ccc(N(c3cccc(-c4ccccc4)c3)c3c(C)cccc3C)cc2c1-c1ccccc1. The minimum absolute atomic E-state index is 1.09. The zero-order chi connectivity index (χ0) is 57.8. The maximum atomic E-state index is 2.50.